The van der Waals surface area contributed by atoms with Crippen molar-refractivity contribution in [3.63, 3.8) is 0 Å². The van der Waals surface area contributed by atoms with E-state index in [1.54, 1.807) is 0 Å². The number of fused-ring (bicyclic) bond motifs is 1. The van der Waals surface area contributed by atoms with Crippen LogP contribution in [-0.2, 0) is 0 Å². The predicted molar refractivity (Wildman–Crippen MR) is 114 cm³/mol. The van der Waals surface area contributed by atoms with Crippen molar-refractivity contribution in [1.82, 2.24) is 19.9 Å². The summed E-state index contributed by atoms with van der Waals surface area (Å²) in [7, 11) is 2.17. The van der Waals surface area contributed by atoms with Crippen LogP contribution in [0.3, 0.4) is 0 Å². The Hall–Kier alpha value is -3.18. The maximum atomic E-state index is 4.62. The molecule has 5 rings (SSSR count). The molecule has 0 aliphatic carbocycles. The van der Waals surface area contributed by atoms with Gasteiger partial charge >= 0.3 is 0 Å². The summed E-state index contributed by atoms with van der Waals surface area (Å²) in [5.41, 5.74) is 5.82. The van der Waals surface area contributed by atoms with Gasteiger partial charge in [0.15, 0.2) is 0 Å². The number of benzene rings is 1. The van der Waals surface area contributed by atoms with Gasteiger partial charge in [-0.3, -0.25) is 4.98 Å². The van der Waals surface area contributed by atoms with Crippen LogP contribution in [0.15, 0.2) is 67.1 Å². The number of anilines is 1. The smallest absolute Gasteiger partial charge is 0.129 e. The van der Waals surface area contributed by atoms with Crippen LogP contribution < -0.4 is 4.90 Å². The van der Waals surface area contributed by atoms with Crippen molar-refractivity contribution in [2.45, 2.75) is 0 Å². The summed E-state index contributed by atoms with van der Waals surface area (Å²) in [6.45, 7) is 4.22. The van der Waals surface area contributed by atoms with Crippen molar-refractivity contribution in [1.29, 1.82) is 0 Å². The molecule has 1 aliphatic heterocycles. The van der Waals surface area contributed by atoms with E-state index in [4.69, 9.17) is 0 Å². The first-order chi connectivity index (χ1) is 13.8. The van der Waals surface area contributed by atoms with Crippen LogP contribution in [-0.4, -0.2) is 53.1 Å². The Morgan fingerprint density at radius 1 is 0.786 bits per heavy atom. The molecule has 0 atom stereocenters. The van der Waals surface area contributed by atoms with Gasteiger partial charge < -0.3 is 14.8 Å². The quantitative estimate of drug-likeness (QED) is 0.592. The largest absolute Gasteiger partial charge is 0.355 e. The Morgan fingerprint density at radius 3 is 2.36 bits per heavy atom. The molecule has 0 amide bonds. The molecule has 1 saturated heterocycles. The van der Waals surface area contributed by atoms with Gasteiger partial charge in [0.25, 0.3) is 0 Å². The molecule has 0 unspecified atom stereocenters. The van der Waals surface area contributed by atoms with Crippen molar-refractivity contribution in [2.75, 3.05) is 38.1 Å². The highest BCUT2D eigenvalue weighted by Crippen LogP contribution is 2.29. The van der Waals surface area contributed by atoms with E-state index in [1.807, 2.05) is 30.7 Å². The SMILES string of the molecule is CN1CCN(c2cc(-c3ccc4[nH]c(-c5ccncc5)cc4c3)ccn2)CC1. The molecule has 5 heteroatoms. The number of H-pyrrole nitrogens is 1. The van der Waals surface area contributed by atoms with E-state index in [-0.39, 0.29) is 0 Å². The molecule has 1 aromatic carbocycles. The van der Waals surface area contributed by atoms with E-state index in [0.29, 0.717) is 0 Å². The van der Waals surface area contributed by atoms with Gasteiger partial charge in [-0.15, -0.1) is 0 Å². The van der Waals surface area contributed by atoms with E-state index < -0.39 is 0 Å². The topological polar surface area (TPSA) is 48.0 Å². The van der Waals surface area contributed by atoms with Gasteiger partial charge in [0.05, 0.1) is 0 Å². The van der Waals surface area contributed by atoms with Crippen molar-refractivity contribution >= 4 is 16.7 Å². The number of nitrogens with one attached hydrogen (secondary N) is 1. The first-order valence-corrected chi connectivity index (χ1v) is 9.69. The van der Waals surface area contributed by atoms with Crippen molar-refractivity contribution in [3.05, 3.63) is 67.1 Å². The summed E-state index contributed by atoms with van der Waals surface area (Å²) >= 11 is 0. The molecule has 4 aromatic rings. The lowest BCUT2D eigenvalue weighted by Crippen LogP contribution is -2.44. The first-order valence-electron chi connectivity index (χ1n) is 9.69. The standard InChI is InChI=1S/C23H23N5/c1-27-10-12-28(13-11-27)23-16-19(6-9-25-23)18-2-3-21-20(14-18)15-22(26-21)17-4-7-24-8-5-17/h2-9,14-16,26H,10-13H2,1H3. The fourth-order valence-electron chi connectivity index (χ4n) is 3.81. The summed E-state index contributed by atoms with van der Waals surface area (Å²) in [6, 6.07) is 17.1. The number of nitrogens with zero attached hydrogens (tertiary/aromatic N) is 4. The molecule has 0 spiro atoms. The van der Waals surface area contributed by atoms with Gasteiger partial charge in [0, 0.05) is 66.9 Å². The third-order valence-electron chi connectivity index (χ3n) is 5.52. The third kappa shape index (κ3) is 3.25. The molecule has 1 N–H and O–H groups in total. The average molecular weight is 369 g/mol. The fourth-order valence-corrected chi connectivity index (χ4v) is 3.81. The number of hydrogen-bond donors (Lipinski definition) is 1. The summed E-state index contributed by atoms with van der Waals surface area (Å²) in [5, 5.41) is 1.21. The second-order valence-electron chi connectivity index (χ2n) is 7.41. The number of hydrogen-bond acceptors (Lipinski definition) is 4. The van der Waals surface area contributed by atoms with Crippen LogP contribution in [0.2, 0.25) is 0 Å². The molecule has 140 valence electrons. The van der Waals surface area contributed by atoms with E-state index in [9.17, 15) is 0 Å². The molecular weight excluding hydrogens is 346 g/mol. The van der Waals surface area contributed by atoms with E-state index in [2.05, 4.69) is 68.2 Å². The molecule has 1 aliphatic rings. The summed E-state index contributed by atoms with van der Waals surface area (Å²) < 4.78 is 0. The lowest BCUT2D eigenvalue weighted by Gasteiger charge is -2.33. The number of rotatable bonds is 3. The summed E-state index contributed by atoms with van der Waals surface area (Å²) in [4.78, 5) is 17.0. The van der Waals surface area contributed by atoms with Gasteiger partial charge in [-0.25, -0.2) is 4.98 Å². The lowest BCUT2D eigenvalue weighted by atomic mass is 10.0. The van der Waals surface area contributed by atoms with Crippen LogP contribution >= 0.6 is 0 Å². The molecule has 4 heterocycles. The van der Waals surface area contributed by atoms with E-state index >= 15 is 0 Å². The van der Waals surface area contributed by atoms with Gasteiger partial charge in [-0.1, -0.05) is 6.07 Å². The zero-order valence-electron chi connectivity index (χ0n) is 16.0. The number of likely N-dealkylation sites (N-methyl/N-ethyl adjacent to an activating group) is 1. The predicted octanol–water partition coefficient (Wildman–Crippen LogP) is 4.04. The molecule has 1 fully saturated rings. The number of aromatic nitrogens is 3. The number of pyridine rings is 2. The zero-order chi connectivity index (χ0) is 18.9. The second kappa shape index (κ2) is 7.09. The molecule has 28 heavy (non-hydrogen) atoms. The van der Waals surface area contributed by atoms with Crippen LogP contribution in [0.1, 0.15) is 0 Å². The van der Waals surface area contributed by atoms with E-state index in [1.165, 1.54) is 16.5 Å². The van der Waals surface area contributed by atoms with Crippen molar-refractivity contribution < 1.29 is 0 Å². The second-order valence-corrected chi connectivity index (χ2v) is 7.41. The molecule has 0 bridgehead atoms. The Balaban J connectivity index is 1.47. The highest BCUT2D eigenvalue weighted by atomic mass is 15.3. The van der Waals surface area contributed by atoms with Crippen molar-refractivity contribution in [3.8, 4) is 22.4 Å². The molecular formula is C23H23N5. The molecule has 0 saturated carbocycles. The van der Waals surface area contributed by atoms with Crippen molar-refractivity contribution in [2.24, 2.45) is 0 Å². The lowest BCUT2D eigenvalue weighted by molar-refractivity contribution is 0.312. The minimum Gasteiger partial charge on any atom is -0.355 e. The fraction of sp³-hybridized carbons (Fsp3) is 0.217. The molecule has 3 aromatic heterocycles. The van der Waals surface area contributed by atoms with Crippen LogP contribution in [0.25, 0.3) is 33.3 Å². The minimum atomic E-state index is 1.03. The average Bonchev–Trinajstić information content (AvgIpc) is 3.18. The Labute approximate surface area is 164 Å². The van der Waals surface area contributed by atoms with E-state index in [0.717, 1.165) is 48.8 Å². The third-order valence-corrected chi connectivity index (χ3v) is 5.52. The maximum absolute atomic E-state index is 4.62. The van der Waals surface area contributed by atoms with Gasteiger partial charge in [0.2, 0.25) is 0 Å². The Morgan fingerprint density at radius 2 is 1.54 bits per heavy atom. The first kappa shape index (κ1) is 17.0. The summed E-state index contributed by atoms with van der Waals surface area (Å²) in [5.74, 6) is 1.07. The Bertz CT molecular complexity index is 1090. The minimum absolute atomic E-state index is 1.03. The monoisotopic (exact) mass is 369 g/mol. The highest BCUT2D eigenvalue weighted by Gasteiger charge is 2.15. The normalized spacial score (nSPS) is 15.2. The maximum Gasteiger partial charge on any atom is 0.129 e. The van der Waals surface area contributed by atoms with Gasteiger partial charge in [-0.05, 0) is 60.6 Å². The molecule has 5 nitrogen and oxygen atoms in total. The van der Waals surface area contributed by atoms with Crippen LogP contribution in [0.5, 0.6) is 0 Å². The van der Waals surface area contributed by atoms with Crippen LogP contribution in [0.4, 0.5) is 5.82 Å². The summed E-state index contributed by atoms with van der Waals surface area (Å²) in [6.07, 6.45) is 5.57. The van der Waals surface area contributed by atoms with Gasteiger partial charge in [-0.2, -0.15) is 0 Å². The zero-order valence-corrected chi connectivity index (χ0v) is 16.0. The highest BCUT2D eigenvalue weighted by molar-refractivity contribution is 5.89. The van der Waals surface area contributed by atoms with Gasteiger partial charge in [0.1, 0.15) is 5.82 Å². The number of piperazine rings is 1. The molecule has 0 radical (unpaired) electrons. The number of aromatic amines is 1. The Kier molecular flexibility index (Phi) is 4.29. The van der Waals surface area contributed by atoms with Crippen LogP contribution in [0, 0.1) is 0 Å².